The van der Waals surface area contributed by atoms with Crippen LogP contribution in [0.4, 0.5) is 22.7 Å². The van der Waals surface area contributed by atoms with Gasteiger partial charge in [0.15, 0.2) is 12.4 Å². The molecular formula is C51H45N4OPt-. The van der Waals surface area contributed by atoms with Crippen LogP contribution in [-0.4, -0.2) is 9.55 Å². The van der Waals surface area contributed by atoms with Crippen molar-refractivity contribution in [3.05, 3.63) is 175 Å². The first kappa shape index (κ1) is 37.3. The number of benzene rings is 6. The molecule has 10 rings (SSSR count). The summed E-state index contributed by atoms with van der Waals surface area (Å²) in [6.45, 7) is 18.1. The fraction of sp³-hybridized carbons (Fsp3) is 0.176. The summed E-state index contributed by atoms with van der Waals surface area (Å²) in [6, 6.07) is 55.3. The summed E-state index contributed by atoms with van der Waals surface area (Å²) in [6.07, 6.45) is 1.91. The van der Waals surface area contributed by atoms with E-state index in [1.54, 1.807) is 0 Å². The van der Waals surface area contributed by atoms with Crippen LogP contribution in [0.2, 0.25) is 0 Å². The molecule has 0 aliphatic carbocycles. The summed E-state index contributed by atoms with van der Waals surface area (Å²) in [5, 5.41) is 2.26. The predicted molar refractivity (Wildman–Crippen MR) is 230 cm³/mol. The summed E-state index contributed by atoms with van der Waals surface area (Å²) in [5.41, 5.74) is 12.8. The number of hydrogen-bond donors (Lipinski definition) is 0. The molecule has 1 fully saturated rings. The molecule has 4 heterocycles. The van der Waals surface area contributed by atoms with E-state index in [1.165, 1.54) is 44.9 Å². The van der Waals surface area contributed by atoms with Crippen LogP contribution < -0.4 is 13.9 Å². The average Bonchev–Trinajstić information content (AvgIpc) is 3.68. The quantitative estimate of drug-likeness (QED) is 0.0944. The molecule has 0 amide bonds. The SMILES string of the molecule is Cc1cc([N@+]23[CH-][N+]2(c2[c-]c(Oc4[c-]c5c(cc4)c4ccccc4n5-c4cc(C(C)(C)C)ccn4)cc(C(C)(C)C)c2)c2ccccc23)ccc1-c1ccccc1.[Pt]. The van der Waals surface area contributed by atoms with Gasteiger partial charge in [-0.05, 0) is 69.7 Å². The molecule has 0 bridgehead atoms. The third kappa shape index (κ3) is 5.66. The van der Waals surface area contributed by atoms with Crippen LogP contribution in [0, 0.1) is 25.7 Å². The second kappa shape index (κ2) is 13.1. The second-order valence-corrected chi connectivity index (χ2v) is 17.4. The van der Waals surface area contributed by atoms with Crippen LogP contribution in [0.5, 0.6) is 11.5 Å². The maximum atomic E-state index is 6.84. The molecule has 1 unspecified atom stereocenters. The maximum Gasteiger partial charge on any atom is 0.225 e. The van der Waals surface area contributed by atoms with Crippen molar-refractivity contribution in [3.63, 3.8) is 0 Å². The van der Waals surface area contributed by atoms with Crippen molar-refractivity contribution in [1.29, 1.82) is 0 Å². The number of hydrogen-bond acceptors (Lipinski definition) is 2. The minimum Gasteiger partial charge on any atom is -0.509 e. The third-order valence-corrected chi connectivity index (χ3v) is 11.8. The molecule has 2 atom stereocenters. The molecule has 0 spiro atoms. The standard InChI is InChI=1S/C51H45N4O.Pt/c1-34-27-38(21-23-42(34)35-15-9-8-10-16-35)54-33-55(54,48-20-14-13-19-47(48)54)39-28-37(51(5,6)7)29-41(31-39)56-40-22-24-44-43-17-11-12-18-45(43)53(46(44)32-40)49-30-36(25-26-52-49)50(2,3)4;/h8-30,33H,1-7H3;/q-1;/t54-,55?;/m0./s1. The van der Waals surface area contributed by atoms with Gasteiger partial charge in [-0.25, -0.2) is 9.58 Å². The first-order valence-corrected chi connectivity index (χ1v) is 19.5. The Morgan fingerprint density at radius 1 is 0.632 bits per heavy atom. The number of aromatic nitrogens is 2. The fourth-order valence-corrected chi connectivity index (χ4v) is 8.73. The largest absolute Gasteiger partial charge is 0.509 e. The number of para-hydroxylation sites is 3. The van der Waals surface area contributed by atoms with Crippen LogP contribution in [0.1, 0.15) is 58.2 Å². The molecular weight excluding hydrogens is 880 g/mol. The van der Waals surface area contributed by atoms with E-state index in [4.69, 9.17) is 9.72 Å². The molecule has 286 valence electrons. The Hall–Kier alpha value is -5.32. The number of nitrogens with zero attached hydrogens (tertiary/aromatic N) is 4. The summed E-state index contributed by atoms with van der Waals surface area (Å²) < 4.78 is 10.2. The van der Waals surface area contributed by atoms with Gasteiger partial charge >= 0.3 is 0 Å². The molecule has 57 heavy (non-hydrogen) atoms. The van der Waals surface area contributed by atoms with Gasteiger partial charge in [-0.1, -0.05) is 114 Å². The van der Waals surface area contributed by atoms with E-state index in [0.717, 1.165) is 33.3 Å². The maximum absolute atomic E-state index is 6.84. The van der Waals surface area contributed by atoms with Crippen molar-refractivity contribution in [2.75, 3.05) is 0 Å². The first-order valence-electron chi connectivity index (χ1n) is 19.5. The van der Waals surface area contributed by atoms with Gasteiger partial charge < -0.3 is 9.30 Å². The van der Waals surface area contributed by atoms with E-state index in [1.807, 2.05) is 12.3 Å². The van der Waals surface area contributed by atoms with Gasteiger partial charge in [0.25, 0.3) is 0 Å². The first-order chi connectivity index (χ1) is 26.9. The van der Waals surface area contributed by atoms with Crippen LogP contribution >= 0.6 is 0 Å². The van der Waals surface area contributed by atoms with Gasteiger partial charge in [-0.2, -0.15) is 10.7 Å². The Labute approximate surface area is 350 Å². The molecule has 0 saturated carbocycles. The van der Waals surface area contributed by atoms with Crippen LogP contribution in [0.25, 0.3) is 38.8 Å². The number of rotatable bonds is 6. The van der Waals surface area contributed by atoms with E-state index in [-0.39, 0.29) is 31.9 Å². The van der Waals surface area contributed by atoms with E-state index < -0.39 is 0 Å². The minimum absolute atomic E-state index is 0. The van der Waals surface area contributed by atoms with Gasteiger partial charge in [-0.15, -0.1) is 35.2 Å². The number of fused-ring (bicyclic) bond motifs is 7. The van der Waals surface area contributed by atoms with Gasteiger partial charge in [0.2, 0.25) is 11.4 Å². The van der Waals surface area contributed by atoms with E-state index >= 15 is 0 Å². The molecule has 2 aliphatic heterocycles. The van der Waals surface area contributed by atoms with Gasteiger partial charge in [0, 0.05) is 68.5 Å². The zero-order valence-corrected chi connectivity index (χ0v) is 35.6. The minimum atomic E-state index is -0.131. The molecule has 2 aliphatic rings. The van der Waals surface area contributed by atoms with Gasteiger partial charge in [-0.3, -0.25) is 0 Å². The van der Waals surface area contributed by atoms with E-state index in [0.29, 0.717) is 20.7 Å². The number of aryl methyl sites for hydroxylation is 1. The Bertz CT molecular complexity index is 2870. The van der Waals surface area contributed by atoms with Crippen molar-refractivity contribution >= 4 is 44.6 Å². The summed E-state index contributed by atoms with van der Waals surface area (Å²) in [4.78, 5) is 4.87. The number of ether oxygens (including phenoxy) is 1. The zero-order valence-electron chi connectivity index (χ0n) is 33.4. The third-order valence-electron chi connectivity index (χ3n) is 11.8. The van der Waals surface area contributed by atoms with Gasteiger partial charge in [0.05, 0.1) is 5.69 Å². The van der Waals surface area contributed by atoms with Crippen molar-refractivity contribution in [1.82, 2.24) is 18.7 Å². The molecule has 8 aromatic rings. The normalized spacial score (nSPS) is 18.4. The Kier molecular flexibility index (Phi) is 8.57. The van der Waals surface area contributed by atoms with Crippen molar-refractivity contribution in [2.24, 2.45) is 0 Å². The fourth-order valence-electron chi connectivity index (χ4n) is 8.73. The monoisotopic (exact) mass is 924 g/mol. The van der Waals surface area contributed by atoms with Crippen LogP contribution in [-0.2, 0) is 31.9 Å². The summed E-state index contributed by atoms with van der Waals surface area (Å²) >= 11 is 0. The topological polar surface area (TPSA) is 27.1 Å². The Morgan fingerprint density at radius 2 is 1.33 bits per heavy atom. The summed E-state index contributed by atoms with van der Waals surface area (Å²) in [7, 11) is 0. The predicted octanol–water partition coefficient (Wildman–Crippen LogP) is 13.5. The average molecular weight is 925 g/mol. The molecule has 1 saturated heterocycles. The van der Waals surface area contributed by atoms with E-state index in [2.05, 4.69) is 199 Å². The number of pyridine rings is 1. The van der Waals surface area contributed by atoms with Gasteiger partial charge in [0.1, 0.15) is 5.82 Å². The summed E-state index contributed by atoms with van der Waals surface area (Å²) in [5.74, 6) is 2.17. The molecule has 6 heteroatoms. The molecule has 6 aromatic carbocycles. The van der Waals surface area contributed by atoms with E-state index in [9.17, 15) is 0 Å². The van der Waals surface area contributed by atoms with Crippen molar-refractivity contribution in [2.45, 2.75) is 59.3 Å². The molecule has 0 N–H and O–H groups in total. The van der Waals surface area contributed by atoms with Crippen LogP contribution in [0.3, 0.4) is 0 Å². The van der Waals surface area contributed by atoms with Crippen LogP contribution in [0.15, 0.2) is 140 Å². The smallest absolute Gasteiger partial charge is 0.225 e. The molecule has 5 nitrogen and oxygen atoms in total. The number of quaternary nitrogens is 2. The Morgan fingerprint density at radius 3 is 2.07 bits per heavy atom. The van der Waals surface area contributed by atoms with Crippen molar-refractivity contribution < 1.29 is 25.8 Å². The Balaban J connectivity index is 0.00000422. The molecule has 2 aromatic heterocycles. The second-order valence-electron chi connectivity index (χ2n) is 17.4. The molecule has 0 radical (unpaired) electrons. The van der Waals surface area contributed by atoms with Crippen molar-refractivity contribution in [3.8, 4) is 28.4 Å². The zero-order chi connectivity index (χ0) is 38.6.